The molecule has 0 aliphatic heterocycles. The quantitative estimate of drug-likeness (QED) is 0.876. The van der Waals surface area contributed by atoms with Crippen molar-refractivity contribution in [2.24, 2.45) is 0 Å². The minimum atomic E-state index is -1.23. The van der Waals surface area contributed by atoms with E-state index in [-0.39, 0.29) is 17.1 Å². The minimum absolute atomic E-state index is 0.228. The zero-order valence-electron chi connectivity index (χ0n) is 10.9. The van der Waals surface area contributed by atoms with Crippen molar-refractivity contribution in [3.63, 3.8) is 0 Å². The van der Waals surface area contributed by atoms with Gasteiger partial charge in [-0.3, -0.25) is 0 Å². The van der Waals surface area contributed by atoms with Crippen molar-refractivity contribution in [1.29, 1.82) is 0 Å². The number of carboxylic acid groups (broad SMARTS) is 1. The summed E-state index contributed by atoms with van der Waals surface area (Å²) in [7, 11) is 1.41. The number of methoxy groups -OCH3 is 1. The van der Waals surface area contributed by atoms with Crippen LogP contribution >= 0.6 is 0 Å². The lowest BCUT2D eigenvalue weighted by atomic mass is 10.1. The number of carboxylic acids is 1. The van der Waals surface area contributed by atoms with Gasteiger partial charge in [-0.05, 0) is 5.56 Å². The Labute approximate surface area is 116 Å². The molecule has 0 aliphatic carbocycles. The number of phenols is 1. The number of aromatic carboxylic acids is 1. The first kappa shape index (κ1) is 13.7. The van der Waals surface area contributed by atoms with Crippen LogP contribution in [0.1, 0.15) is 15.9 Å². The second kappa shape index (κ2) is 5.97. The van der Waals surface area contributed by atoms with E-state index in [2.05, 4.69) is 0 Å². The first-order valence-electron chi connectivity index (χ1n) is 5.93. The number of ether oxygens (including phenoxy) is 2. The Kier molecular flexibility index (Phi) is 4.10. The smallest absolute Gasteiger partial charge is 0.339 e. The summed E-state index contributed by atoms with van der Waals surface area (Å²) < 4.78 is 10.6. The summed E-state index contributed by atoms with van der Waals surface area (Å²) in [4.78, 5) is 10.9. The zero-order valence-corrected chi connectivity index (χ0v) is 10.9. The Balaban J connectivity index is 2.23. The maximum absolute atomic E-state index is 10.9. The van der Waals surface area contributed by atoms with Gasteiger partial charge in [-0.25, -0.2) is 4.79 Å². The highest BCUT2D eigenvalue weighted by atomic mass is 16.5. The van der Waals surface area contributed by atoms with Gasteiger partial charge < -0.3 is 19.7 Å². The zero-order chi connectivity index (χ0) is 14.5. The summed E-state index contributed by atoms with van der Waals surface area (Å²) in [5.74, 6) is -1.04. The van der Waals surface area contributed by atoms with Crippen LogP contribution in [0.5, 0.6) is 17.2 Å². The van der Waals surface area contributed by atoms with Gasteiger partial charge >= 0.3 is 5.97 Å². The second-order valence-electron chi connectivity index (χ2n) is 4.10. The Hall–Kier alpha value is -2.69. The van der Waals surface area contributed by atoms with E-state index in [9.17, 15) is 9.90 Å². The monoisotopic (exact) mass is 274 g/mol. The molecule has 0 fully saturated rings. The van der Waals surface area contributed by atoms with E-state index in [4.69, 9.17) is 14.6 Å². The molecule has 2 aromatic rings. The van der Waals surface area contributed by atoms with Crippen LogP contribution in [-0.4, -0.2) is 23.3 Å². The van der Waals surface area contributed by atoms with Gasteiger partial charge in [0.2, 0.25) is 0 Å². The van der Waals surface area contributed by atoms with E-state index in [1.165, 1.54) is 19.2 Å². The van der Waals surface area contributed by atoms with Gasteiger partial charge in [-0.15, -0.1) is 0 Å². The third-order valence-electron chi connectivity index (χ3n) is 2.75. The Morgan fingerprint density at radius 3 is 2.45 bits per heavy atom. The lowest BCUT2D eigenvalue weighted by Gasteiger charge is -2.12. The van der Waals surface area contributed by atoms with Crippen molar-refractivity contribution in [2.45, 2.75) is 6.61 Å². The molecule has 20 heavy (non-hydrogen) atoms. The number of hydrogen-bond acceptors (Lipinski definition) is 4. The number of carbonyl (C=O) groups is 1. The molecule has 0 radical (unpaired) electrons. The minimum Gasteiger partial charge on any atom is -0.507 e. The molecule has 104 valence electrons. The van der Waals surface area contributed by atoms with Crippen LogP contribution in [0.4, 0.5) is 0 Å². The van der Waals surface area contributed by atoms with Crippen molar-refractivity contribution in [3.05, 3.63) is 53.6 Å². The fourth-order valence-corrected chi connectivity index (χ4v) is 1.73. The third-order valence-corrected chi connectivity index (χ3v) is 2.75. The largest absolute Gasteiger partial charge is 0.507 e. The predicted octanol–water partition coefficient (Wildman–Crippen LogP) is 2.68. The summed E-state index contributed by atoms with van der Waals surface area (Å²) in [6.07, 6.45) is 0. The molecule has 2 rings (SSSR count). The van der Waals surface area contributed by atoms with Gasteiger partial charge in [-0.2, -0.15) is 0 Å². The highest BCUT2D eigenvalue weighted by Crippen LogP contribution is 2.34. The number of benzene rings is 2. The molecule has 0 saturated carbocycles. The standard InChI is InChI=1S/C15H14O5/c1-19-13-7-11(15(17)18)12(16)8-14(13)20-9-10-5-3-2-4-6-10/h2-8,16H,9H2,1H3,(H,17,18). The summed E-state index contributed by atoms with van der Waals surface area (Å²) in [5, 5.41) is 18.6. The highest BCUT2D eigenvalue weighted by Gasteiger charge is 2.16. The lowest BCUT2D eigenvalue weighted by molar-refractivity contribution is 0.0693. The Bertz CT molecular complexity index is 607. The average molecular weight is 274 g/mol. The summed E-state index contributed by atoms with van der Waals surface area (Å²) >= 11 is 0. The van der Waals surface area contributed by atoms with E-state index >= 15 is 0 Å². The molecule has 0 spiro atoms. The SMILES string of the molecule is COc1cc(C(=O)O)c(O)cc1OCc1ccccc1. The Morgan fingerprint density at radius 2 is 1.85 bits per heavy atom. The molecule has 0 aromatic heterocycles. The van der Waals surface area contributed by atoms with Crippen LogP contribution in [0.2, 0.25) is 0 Å². The molecular weight excluding hydrogens is 260 g/mol. The van der Waals surface area contributed by atoms with Crippen LogP contribution in [0.3, 0.4) is 0 Å². The van der Waals surface area contributed by atoms with E-state index in [1.54, 1.807) is 0 Å². The first-order chi connectivity index (χ1) is 9.61. The number of hydrogen-bond donors (Lipinski definition) is 2. The van der Waals surface area contributed by atoms with Gasteiger partial charge in [0, 0.05) is 12.1 Å². The van der Waals surface area contributed by atoms with E-state index in [0.717, 1.165) is 5.56 Å². The maximum Gasteiger partial charge on any atom is 0.339 e. The van der Waals surface area contributed by atoms with Crippen molar-refractivity contribution in [3.8, 4) is 17.2 Å². The summed E-state index contributed by atoms with van der Waals surface area (Å²) in [5.41, 5.74) is 0.727. The Morgan fingerprint density at radius 1 is 1.15 bits per heavy atom. The van der Waals surface area contributed by atoms with E-state index in [0.29, 0.717) is 12.4 Å². The normalized spacial score (nSPS) is 10.1. The van der Waals surface area contributed by atoms with Crippen LogP contribution in [0.15, 0.2) is 42.5 Å². The predicted molar refractivity (Wildman–Crippen MR) is 72.4 cm³/mol. The molecule has 0 atom stereocenters. The van der Waals surface area contributed by atoms with Crippen LogP contribution < -0.4 is 9.47 Å². The average Bonchev–Trinajstić information content (AvgIpc) is 2.46. The molecule has 0 bridgehead atoms. The highest BCUT2D eigenvalue weighted by molar-refractivity contribution is 5.91. The lowest BCUT2D eigenvalue weighted by Crippen LogP contribution is -2.01. The van der Waals surface area contributed by atoms with Crippen LogP contribution in [0.25, 0.3) is 0 Å². The summed E-state index contributed by atoms with van der Waals surface area (Å²) in [6, 6.07) is 12.0. The van der Waals surface area contributed by atoms with Gasteiger partial charge in [0.1, 0.15) is 17.9 Å². The number of rotatable bonds is 5. The molecule has 5 nitrogen and oxygen atoms in total. The molecule has 0 saturated heterocycles. The maximum atomic E-state index is 10.9. The van der Waals surface area contributed by atoms with E-state index in [1.807, 2.05) is 30.3 Å². The molecule has 5 heteroatoms. The van der Waals surface area contributed by atoms with Gasteiger partial charge in [0.25, 0.3) is 0 Å². The number of aromatic hydroxyl groups is 1. The molecular formula is C15H14O5. The van der Waals surface area contributed by atoms with E-state index < -0.39 is 5.97 Å². The first-order valence-corrected chi connectivity index (χ1v) is 5.93. The molecule has 2 N–H and O–H groups in total. The topological polar surface area (TPSA) is 76.0 Å². The van der Waals surface area contributed by atoms with Gasteiger partial charge in [0.15, 0.2) is 11.5 Å². The fraction of sp³-hybridized carbons (Fsp3) is 0.133. The molecule has 2 aromatic carbocycles. The van der Waals surface area contributed by atoms with Crippen molar-refractivity contribution in [1.82, 2.24) is 0 Å². The molecule has 0 unspecified atom stereocenters. The van der Waals surface area contributed by atoms with Crippen molar-refractivity contribution in [2.75, 3.05) is 7.11 Å². The summed E-state index contributed by atoms with van der Waals surface area (Å²) in [6.45, 7) is 0.295. The molecule has 0 heterocycles. The van der Waals surface area contributed by atoms with Gasteiger partial charge in [-0.1, -0.05) is 30.3 Å². The van der Waals surface area contributed by atoms with Crippen molar-refractivity contribution < 1.29 is 24.5 Å². The van der Waals surface area contributed by atoms with Gasteiger partial charge in [0.05, 0.1) is 7.11 Å². The fourth-order valence-electron chi connectivity index (χ4n) is 1.73. The molecule has 0 amide bonds. The van der Waals surface area contributed by atoms with Crippen LogP contribution in [0, 0.1) is 0 Å². The third kappa shape index (κ3) is 3.00. The van der Waals surface area contributed by atoms with Crippen LogP contribution in [-0.2, 0) is 6.61 Å². The second-order valence-corrected chi connectivity index (χ2v) is 4.10. The van der Waals surface area contributed by atoms with Crippen molar-refractivity contribution >= 4 is 5.97 Å². The molecule has 0 aliphatic rings.